The standard InChI is InChI=1S/C21H20N2O4S/c1-28(25,26)18-8-6-17(7-9-18)15-27-20-5-3-2-4-19(20)21(24)23-14-16-10-12-22-13-11-16/h2-13H,14-15H2,1H3,(H,23,24). The van der Waals surface area contributed by atoms with Crippen LogP contribution in [-0.2, 0) is 23.0 Å². The van der Waals surface area contributed by atoms with Crippen molar-refractivity contribution in [2.45, 2.75) is 18.0 Å². The van der Waals surface area contributed by atoms with Gasteiger partial charge >= 0.3 is 0 Å². The van der Waals surface area contributed by atoms with E-state index in [0.717, 1.165) is 11.1 Å². The van der Waals surface area contributed by atoms with Gasteiger partial charge in [-0.2, -0.15) is 0 Å². The Labute approximate surface area is 164 Å². The van der Waals surface area contributed by atoms with Crippen LogP contribution in [0.25, 0.3) is 0 Å². The molecule has 144 valence electrons. The monoisotopic (exact) mass is 396 g/mol. The molecule has 1 amide bonds. The Morgan fingerprint density at radius 3 is 2.32 bits per heavy atom. The van der Waals surface area contributed by atoms with Crippen LogP contribution in [0.3, 0.4) is 0 Å². The molecule has 0 spiro atoms. The van der Waals surface area contributed by atoms with Gasteiger partial charge in [0.2, 0.25) is 0 Å². The van der Waals surface area contributed by atoms with Crippen LogP contribution >= 0.6 is 0 Å². The lowest BCUT2D eigenvalue weighted by molar-refractivity contribution is 0.0946. The van der Waals surface area contributed by atoms with Gasteiger partial charge in [0, 0.05) is 25.2 Å². The fraction of sp³-hybridized carbons (Fsp3) is 0.143. The van der Waals surface area contributed by atoms with E-state index in [2.05, 4.69) is 10.3 Å². The quantitative estimate of drug-likeness (QED) is 0.664. The van der Waals surface area contributed by atoms with Crippen LogP contribution in [-0.4, -0.2) is 25.6 Å². The van der Waals surface area contributed by atoms with Gasteiger partial charge in [0.05, 0.1) is 10.5 Å². The minimum Gasteiger partial charge on any atom is -0.488 e. The fourth-order valence-electron chi connectivity index (χ4n) is 2.55. The van der Waals surface area contributed by atoms with Gasteiger partial charge in [0.1, 0.15) is 12.4 Å². The van der Waals surface area contributed by atoms with Crippen molar-refractivity contribution in [3.63, 3.8) is 0 Å². The van der Waals surface area contributed by atoms with Crippen molar-refractivity contribution < 1.29 is 17.9 Å². The number of benzene rings is 2. The van der Waals surface area contributed by atoms with E-state index in [4.69, 9.17) is 4.74 Å². The smallest absolute Gasteiger partial charge is 0.255 e. The highest BCUT2D eigenvalue weighted by molar-refractivity contribution is 7.90. The summed E-state index contributed by atoms with van der Waals surface area (Å²) in [7, 11) is -3.23. The number of sulfone groups is 1. The number of ether oxygens (including phenoxy) is 1. The highest BCUT2D eigenvalue weighted by atomic mass is 32.2. The molecule has 1 heterocycles. The van der Waals surface area contributed by atoms with Crippen molar-refractivity contribution in [2.75, 3.05) is 6.26 Å². The number of carbonyl (C=O) groups excluding carboxylic acids is 1. The summed E-state index contributed by atoms with van der Waals surface area (Å²) in [5.41, 5.74) is 2.19. The maximum Gasteiger partial charge on any atom is 0.255 e. The second-order valence-corrected chi connectivity index (χ2v) is 8.25. The number of nitrogens with one attached hydrogen (secondary N) is 1. The van der Waals surface area contributed by atoms with Crippen LogP contribution in [0.2, 0.25) is 0 Å². The zero-order chi connectivity index (χ0) is 20.0. The molecule has 0 bridgehead atoms. The Kier molecular flexibility index (Phi) is 6.06. The average molecular weight is 396 g/mol. The summed E-state index contributed by atoms with van der Waals surface area (Å²) in [5.74, 6) is 0.224. The molecule has 0 unspecified atom stereocenters. The highest BCUT2D eigenvalue weighted by Crippen LogP contribution is 2.20. The number of carbonyl (C=O) groups is 1. The molecule has 28 heavy (non-hydrogen) atoms. The highest BCUT2D eigenvalue weighted by Gasteiger charge is 2.12. The molecular formula is C21H20N2O4S. The molecule has 1 aromatic heterocycles. The van der Waals surface area contributed by atoms with E-state index < -0.39 is 9.84 Å². The Morgan fingerprint density at radius 1 is 0.964 bits per heavy atom. The average Bonchev–Trinajstić information content (AvgIpc) is 2.71. The van der Waals surface area contributed by atoms with Crippen LogP contribution in [0, 0.1) is 0 Å². The van der Waals surface area contributed by atoms with Crippen LogP contribution in [0.5, 0.6) is 5.75 Å². The molecule has 2 aromatic carbocycles. The molecule has 6 nitrogen and oxygen atoms in total. The number of hydrogen-bond acceptors (Lipinski definition) is 5. The summed E-state index contributed by atoms with van der Waals surface area (Å²) in [4.78, 5) is 16.7. The lowest BCUT2D eigenvalue weighted by atomic mass is 10.1. The SMILES string of the molecule is CS(=O)(=O)c1ccc(COc2ccccc2C(=O)NCc2ccncc2)cc1. The number of hydrogen-bond donors (Lipinski definition) is 1. The van der Waals surface area contributed by atoms with E-state index in [1.165, 1.54) is 6.26 Å². The lowest BCUT2D eigenvalue weighted by Gasteiger charge is -2.12. The first kappa shape index (κ1) is 19.6. The third-order valence-corrected chi connectivity index (χ3v) is 5.21. The molecule has 7 heteroatoms. The van der Waals surface area contributed by atoms with Gasteiger partial charge in [0.25, 0.3) is 5.91 Å². The van der Waals surface area contributed by atoms with Gasteiger partial charge in [-0.15, -0.1) is 0 Å². The van der Waals surface area contributed by atoms with Gasteiger partial charge in [-0.05, 0) is 47.5 Å². The first-order chi connectivity index (χ1) is 13.4. The number of nitrogens with zero attached hydrogens (tertiary/aromatic N) is 1. The zero-order valence-electron chi connectivity index (χ0n) is 15.3. The van der Waals surface area contributed by atoms with Gasteiger partial charge < -0.3 is 10.1 Å². The van der Waals surface area contributed by atoms with E-state index >= 15 is 0 Å². The van der Waals surface area contributed by atoms with Crippen molar-refractivity contribution in [2.24, 2.45) is 0 Å². The summed E-state index contributed by atoms with van der Waals surface area (Å²) in [6, 6.07) is 17.1. The minimum atomic E-state index is -3.23. The molecule has 0 aliphatic rings. The predicted octanol–water partition coefficient (Wildman–Crippen LogP) is 2.99. The molecule has 3 aromatic rings. The predicted molar refractivity (Wildman–Crippen MR) is 106 cm³/mol. The molecule has 1 N–H and O–H groups in total. The Bertz CT molecular complexity index is 1050. The number of para-hydroxylation sites is 1. The van der Waals surface area contributed by atoms with E-state index in [9.17, 15) is 13.2 Å². The molecular weight excluding hydrogens is 376 g/mol. The summed E-state index contributed by atoms with van der Waals surface area (Å²) < 4.78 is 28.9. The van der Waals surface area contributed by atoms with Crippen LogP contribution in [0.1, 0.15) is 21.5 Å². The van der Waals surface area contributed by atoms with E-state index in [-0.39, 0.29) is 17.4 Å². The van der Waals surface area contributed by atoms with Gasteiger partial charge in [-0.3, -0.25) is 9.78 Å². The summed E-state index contributed by atoms with van der Waals surface area (Å²) >= 11 is 0. The molecule has 0 radical (unpaired) electrons. The summed E-state index contributed by atoms with van der Waals surface area (Å²) in [6.07, 6.45) is 4.51. The first-order valence-corrected chi connectivity index (χ1v) is 10.5. The van der Waals surface area contributed by atoms with Crippen LogP contribution in [0.15, 0.2) is 78.0 Å². The van der Waals surface area contributed by atoms with Crippen molar-refractivity contribution in [3.05, 3.63) is 89.7 Å². The van der Waals surface area contributed by atoms with E-state index in [0.29, 0.717) is 17.9 Å². The summed E-state index contributed by atoms with van der Waals surface area (Å²) in [6.45, 7) is 0.612. The Morgan fingerprint density at radius 2 is 1.64 bits per heavy atom. The van der Waals surface area contributed by atoms with Gasteiger partial charge in [-0.1, -0.05) is 24.3 Å². The molecule has 0 saturated heterocycles. The van der Waals surface area contributed by atoms with E-state index in [1.54, 1.807) is 60.9 Å². The van der Waals surface area contributed by atoms with Gasteiger partial charge in [0.15, 0.2) is 9.84 Å². The zero-order valence-corrected chi connectivity index (χ0v) is 16.1. The topological polar surface area (TPSA) is 85.4 Å². The molecule has 0 saturated carbocycles. The lowest BCUT2D eigenvalue weighted by Crippen LogP contribution is -2.23. The largest absolute Gasteiger partial charge is 0.488 e. The number of pyridine rings is 1. The second-order valence-electron chi connectivity index (χ2n) is 6.24. The van der Waals surface area contributed by atoms with Gasteiger partial charge in [-0.25, -0.2) is 8.42 Å². The summed E-state index contributed by atoms with van der Waals surface area (Å²) in [5, 5.41) is 2.86. The van der Waals surface area contributed by atoms with Crippen molar-refractivity contribution in [3.8, 4) is 5.75 Å². The number of rotatable bonds is 7. The maximum absolute atomic E-state index is 12.5. The van der Waals surface area contributed by atoms with Crippen LogP contribution in [0.4, 0.5) is 0 Å². The number of aromatic nitrogens is 1. The third-order valence-electron chi connectivity index (χ3n) is 4.08. The normalized spacial score (nSPS) is 11.0. The third kappa shape index (κ3) is 5.17. The van der Waals surface area contributed by atoms with Crippen molar-refractivity contribution in [1.29, 1.82) is 0 Å². The molecule has 0 aliphatic carbocycles. The van der Waals surface area contributed by atoms with Crippen LogP contribution < -0.4 is 10.1 Å². The van der Waals surface area contributed by atoms with Crippen molar-refractivity contribution in [1.82, 2.24) is 10.3 Å². The minimum absolute atomic E-state index is 0.221. The first-order valence-electron chi connectivity index (χ1n) is 8.61. The Hall–Kier alpha value is -3.19. The molecule has 0 atom stereocenters. The van der Waals surface area contributed by atoms with Crippen molar-refractivity contribution >= 4 is 15.7 Å². The molecule has 0 aliphatic heterocycles. The second kappa shape index (κ2) is 8.67. The molecule has 0 fully saturated rings. The number of amides is 1. The molecule has 3 rings (SSSR count). The van der Waals surface area contributed by atoms with E-state index in [1.807, 2.05) is 12.1 Å². The fourth-order valence-corrected chi connectivity index (χ4v) is 3.18. The Balaban J connectivity index is 1.66. The maximum atomic E-state index is 12.5.